The van der Waals surface area contributed by atoms with Crippen LogP contribution in [0.2, 0.25) is 0 Å². The molecule has 4 heterocycles. The monoisotopic (exact) mass is 500 g/mol. The molecule has 4 nitrogen and oxygen atoms in total. The third-order valence-electron chi connectivity index (χ3n) is 8.18. The number of pyridine rings is 1. The van der Waals surface area contributed by atoms with Crippen molar-refractivity contribution < 1.29 is 4.42 Å². The highest BCUT2D eigenvalue weighted by Gasteiger charge is 2.37. The molecule has 0 fully saturated rings. The summed E-state index contributed by atoms with van der Waals surface area (Å²) in [5.41, 5.74) is 10.1. The lowest BCUT2D eigenvalue weighted by Gasteiger charge is -2.24. The van der Waals surface area contributed by atoms with Crippen molar-refractivity contribution in [2.75, 3.05) is 0 Å². The van der Waals surface area contributed by atoms with Crippen LogP contribution < -0.4 is 4.58 Å². The Balaban J connectivity index is 1.35. The number of para-hydroxylation sites is 2. The van der Waals surface area contributed by atoms with Gasteiger partial charge in [-0.1, -0.05) is 54.6 Å². The topological polar surface area (TPSA) is 34.0 Å². The third kappa shape index (κ3) is 2.78. The standard InChI is InChI=1S/C35H22N3O/c1-4-13-32-25(8-1)26-18-19-30-33(35(26)39-32)27-9-5-12-31-34(27)38(30)29-11-3-2-10-28(29)37(31)24-16-14-22(15-17-24)23-7-6-20-36-21-23/h1-21,29H/q+1. The average Bonchev–Trinajstić information content (AvgIpc) is 3.55. The van der Waals surface area contributed by atoms with Crippen LogP contribution in [-0.2, 0) is 0 Å². The summed E-state index contributed by atoms with van der Waals surface area (Å²) in [5, 5.41) is 4.71. The molecule has 0 amide bonds. The molecule has 7 aromatic rings. The van der Waals surface area contributed by atoms with E-state index in [4.69, 9.17) is 4.42 Å². The van der Waals surface area contributed by atoms with Crippen LogP contribution in [-0.4, -0.2) is 15.3 Å². The Hall–Kier alpha value is -5.22. The van der Waals surface area contributed by atoms with Crippen molar-refractivity contribution in [2.45, 2.75) is 6.04 Å². The van der Waals surface area contributed by atoms with Crippen molar-refractivity contribution in [3.63, 3.8) is 0 Å². The van der Waals surface area contributed by atoms with Crippen molar-refractivity contribution in [1.29, 1.82) is 0 Å². The van der Waals surface area contributed by atoms with Gasteiger partial charge < -0.3 is 8.98 Å². The SMILES string of the molecule is C1=CC2=[N+](c3ccc(-c4cccnc4)cc3)c3cccc4c5c6oc7ccccc7c6ccc5n(c34)C2C=C1. The number of benzene rings is 4. The minimum atomic E-state index is 0.0738. The molecule has 1 aliphatic carbocycles. The molecule has 39 heavy (non-hydrogen) atoms. The Morgan fingerprint density at radius 2 is 1.64 bits per heavy atom. The van der Waals surface area contributed by atoms with Gasteiger partial charge in [-0.15, -0.1) is 0 Å². The van der Waals surface area contributed by atoms with E-state index < -0.39 is 0 Å². The van der Waals surface area contributed by atoms with Crippen LogP contribution in [0, 0.1) is 0 Å². The predicted octanol–water partition coefficient (Wildman–Crippen LogP) is 8.71. The highest BCUT2D eigenvalue weighted by molar-refractivity contribution is 6.26. The van der Waals surface area contributed by atoms with E-state index in [1.54, 1.807) is 0 Å². The molecule has 0 bridgehead atoms. The molecular weight excluding hydrogens is 478 g/mol. The Kier molecular flexibility index (Phi) is 4.08. The summed E-state index contributed by atoms with van der Waals surface area (Å²) in [7, 11) is 0. The fourth-order valence-electron chi connectivity index (χ4n) is 6.53. The molecular formula is C35H22N3O+. The van der Waals surface area contributed by atoms with Crippen LogP contribution >= 0.6 is 0 Å². The van der Waals surface area contributed by atoms with E-state index in [0.717, 1.165) is 38.8 Å². The largest absolute Gasteiger partial charge is 0.455 e. The van der Waals surface area contributed by atoms with Crippen LogP contribution in [0.25, 0.3) is 54.9 Å². The highest BCUT2D eigenvalue weighted by atomic mass is 16.3. The fraction of sp³-hybridized carbons (Fsp3) is 0.0286. The minimum Gasteiger partial charge on any atom is -0.455 e. The maximum absolute atomic E-state index is 6.52. The van der Waals surface area contributed by atoms with Gasteiger partial charge in [-0.3, -0.25) is 4.98 Å². The van der Waals surface area contributed by atoms with Crippen molar-refractivity contribution in [3.05, 3.63) is 128 Å². The minimum absolute atomic E-state index is 0.0738. The van der Waals surface area contributed by atoms with Crippen molar-refractivity contribution in [1.82, 2.24) is 14.1 Å². The molecule has 4 aromatic carbocycles. The number of furan rings is 1. The molecule has 0 radical (unpaired) electrons. The molecule has 0 saturated carbocycles. The van der Waals surface area contributed by atoms with Gasteiger partial charge in [-0.2, -0.15) is 4.58 Å². The number of rotatable bonds is 2. The van der Waals surface area contributed by atoms with E-state index in [0.29, 0.717) is 0 Å². The Labute approximate surface area is 224 Å². The molecule has 1 aliphatic heterocycles. The van der Waals surface area contributed by atoms with Crippen LogP contribution in [0.1, 0.15) is 6.04 Å². The van der Waals surface area contributed by atoms with Gasteiger partial charge >= 0.3 is 0 Å². The van der Waals surface area contributed by atoms with E-state index in [2.05, 4.69) is 117 Å². The number of fused-ring (bicyclic) bond motifs is 9. The zero-order valence-electron chi connectivity index (χ0n) is 21.0. The summed E-state index contributed by atoms with van der Waals surface area (Å²) in [6.45, 7) is 0. The lowest BCUT2D eigenvalue weighted by Crippen LogP contribution is -2.30. The van der Waals surface area contributed by atoms with Crippen LogP contribution in [0.15, 0.2) is 132 Å². The number of hydrogen-bond donors (Lipinski definition) is 0. The summed E-state index contributed by atoms with van der Waals surface area (Å²) in [6, 6.07) is 32.4. The number of hydrogen-bond acceptors (Lipinski definition) is 2. The van der Waals surface area contributed by atoms with Crippen LogP contribution in [0.5, 0.6) is 0 Å². The zero-order chi connectivity index (χ0) is 25.5. The van der Waals surface area contributed by atoms with E-state index in [1.807, 2.05) is 24.5 Å². The molecule has 182 valence electrons. The van der Waals surface area contributed by atoms with Crippen LogP contribution in [0.3, 0.4) is 0 Å². The normalized spacial score (nSPS) is 16.2. The Bertz CT molecular complexity index is 2210. The second-order valence-corrected chi connectivity index (χ2v) is 10.2. The number of aromatic nitrogens is 2. The second-order valence-electron chi connectivity index (χ2n) is 10.2. The fourth-order valence-corrected chi connectivity index (χ4v) is 6.53. The first-order valence-corrected chi connectivity index (χ1v) is 13.3. The maximum atomic E-state index is 6.52. The number of allylic oxidation sites excluding steroid dienone is 4. The van der Waals surface area contributed by atoms with Gasteiger partial charge in [0.05, 0.1) is 10.9 Å². The van der Waals surface area contributed by atoms with Crippen molar-refractivity contribution in [3.8, 4) is 11.1 Å². The first kappa shape index (κ1) is 20.8. The lowest BCUT2D eigenvalue weighted by atomic mass is 10.0. The van der Waals surface area contributed by atoms with E-state index in [9.17, 15) is 0 Å². The molecule has 4 heteroatoms. The highest BCUT2D eigenvalue weighted by Crippen LogP contribution is 2.46. The molecule has 0 saturated heterocycles. The summed E-state index contributed by atoms with van der Waals surface area (Å²) in [5.74, 6) is 0. The van der Waals surface area contributed by atoms with Gasteiger partial charge in [0.2, 0.25) is 17.1 Å². The number of nitrogens with zero attached hydrogens (tertiary/aromatic N) is 3. The van der Waals surface area contributed by atoms with Gasteiger partial charge in [-0.05, 0) is 47.5 Å². The molecule has 1 atom stereocenters. The summed E-state index contributed by atoms with van der Waals surface area (Å²) in [6.07, 6.45) is 12.6. The molecule has 3 aromatic heterocycles. The molecule has 9 rings (SSSR count). The van der Waals surface area contributed by atoms with Crippen LogP contribution in [0.4, 0.5) is 11.4 Å². The zero-order valence-corrected chi connectivity index (χ0v) is 21.0. The van der Waals surface area contributed by atoms with E-state index in [-0.39, 0.29) is 6.04 Å². The van der Waals surface area contributed by atoms with Crippen molar-refractivity contribution in [2.24, 2.45) is 0 Å². The maximum Gasteiger partial charge on any atom is 0.235 e. The second kappa shape index (κ2) is 7.65. The Morgan fingerprint density at radius 1 is 0.744 bits per heavy atom. The van der Waals surface area contributed by atoms with Gasteiger partial charge in [0.25, 0.3) is 0 Å². The average molecular weight is 501 g/mol. The van der Waals surface area contributed by atoms with E-state index in [1.165, 1.54) is 33.2 Å². The van der Waals surface area contributed by atoms with Crippen molar-refractivity contribution >= 4 is 60.8 Å². The summed E-state index contributed by atoms with van der Waals surface area (Å²) >= 11 is 0. The summed E-state index contributed by atoms with van der Waals surface area (Å²) in [4.78, 5) is 4.29. The predicted molar refractivity (Wildman–Crippen MR) is 160 cm³/mol. The first-order valence-electron chi connectivity index (χ1n) is 13.3. The third-order valence-corrected chi connectivity index (χ3v) is 8.18. The first-order chi connectivity index (χ1) is 19.4. The van der Waals surface area contributed by atoms with E-state index >= 15 is 0 Å². The van der Waals surface area contributed by atoms with Gasteiger partial charge in [0.15, 0.2) is 0 Å². The Morgan fingerprint density at radius 3 is 2.54 bits per heavy atom. The summed E-state index contributed by atoms with van der Waals surface area (Å²) < 4.78 is 11.4. The lowest BCUT2D eigenvalue weighted by molar-refractivity contribution is 0.672. The molecule has 2 aliphatic rings. The van der Waals surface area contributed by atoms with Gasteiger partial charge in [0, 0.05) is 52.8 Å². The molecule has 1 unspecified atom stereocenters. The molecule has 0 spiro atoms. The van der Waals surface area contributed by atoms with Gasteiger partial charge in [-0.25, -0.2) is 0 Å². The smallest absolute Gasteiger partial charge is 0.235 e. The van der Waals surface area contributed by atoms with Gasteiger partial charge in [0.1, 0.15) is 22.7 Å². The quantitative estimate of drug-likeness (QED) is 0.223. The molecule has 0 N–H and O–H groups in total.